The average molecular weight is 352 g/mol. The zero-order chi connectivity index (χ0) is 17.1. The standard InChI is InChI=1S/C21H37O2P/c1-14-12-19(10-11-20(14)24)18-8-6-17(7-9-18)16-4-2-15(3-5-16)13-21(22)23/h14-20H,2-13,24H2,1H3,(H,22,23). The van der Waals surface area contributed by atoms with Crippen molar-refractivity contribution >= 4 is 15.2 Å². The summed E-state index contributed by atoms with van der Waals surface area (Å²) in [7, 11) is 3.07. The molecule has 3 fully saturated rings. The second kappa shape index (κ2) is 8.52. The summed E-state index contributed by atoms with van der Waals surface area (Å²) in [6.45, 7) is 2.45. The number of carbonyl (C=O) groups is 1. The second-order valence-corrected chi connectivity index (χ2v) is 10.1. The molecule has 3 aliphatic rings. The van der Waals surface area contributed by atoms with Gasteiger partial charge in [-0.3, -0.25) is 4.79 Å². The summed E-state index contributed by atoms with van der Waals surface area (Å²) >= 11 is 0. The van der Waals surface area contributed by atoms with Gasteiger partial charge in [-0.1, -0.05) is 6.92 Å². The zero-order valence-electron chi connectivity index (χ0n) is 15.5. The van der Waals surface area contributed by atoms with Crippen molar-refractivity contribution in [2.75, 3.05) is 0 Å². The van der Waals surface area contributed by atoms with Crippen LogP contribution in [0.1, 0.15) is 84.0 Å². The summed E-state index contributed by atoms with van der Waals surface area (Å²) in [5, 5.41) is 8.97. The van der Waals surface area contributed by atoms with E-state index in [1.807, 2.05) is 0 Å². The van der Waals surface area contributed by atoms with E-state index in [1.165, 1.54) is 57.8 Å². The van der Waals surface area contributed by atoms with Crippen LogP contribution in [0, 0.1) is 35.5 Å². The third-order valence-electron chi connectivity index (χ3n) is 7.78. The summed E-state index contributed by atoms with van der Waals surface area (Å²) in [6.07, 6.45) is 15.5. The van der Waals surface area contributed by atoms with Gasteiger partial charge in [-0.15, -0.1) is 9.24 Å². The highest BCUT2D eigenvalue weighted by Gasteiger charge is 2.35. The van der Waals surface area contributed by atoms with Gasteiger partial charge in [0.15, 0.2) is 0 Å². The predicted octanol–water partition coefficient (Wildman–Crippen LogP) is 5.75. The molecule has 0 heterocycles. The fourth-order valence-corrected chi connectivity index (χ4v) is 6.44. The third-order valence-corrected chi connectivity index (χ3v) is 8.77. The Morgan fingerprint density at radius 2 is 1.29 bits per heavy atom. The predicted molar refractivity (Wildman–Crippen MR) is 103 cm³/mol. The molecule has 1 N–H and O–H groups in total. The van der Waals surface area contributed by atoms with E-state index in [0.717, 1.165) is 48.1 Å². The molecule has 4 atom stereocenters. The van der Waals surface area contributed by atoms with Gasteiger partial charge in [0.1, 0.15) is 0 Å². The lowest BCUT2D eigenvalue weighted by atomic mass is 9.64. The van der Waals surface area contributed by atoms with Gasteiger partial charge < -0.3 is 5.11 Å². The van der Waals surface area contributed by atoms with Crippen LogP contribution in [0.5, 0.6) is 0 Å². The molecule has 4 unspecified atom stereocenters. The average Bonchev–Trinajstić information content (AvgIpc) is 2.58. The van der Waals surface area contributed by atoms with Crippen molar-refractivity contribution in [3.05, 3.63) is 0 Å². The molecule has 0 saturated heterocycles. The van der Waals surface area contributed by atoms with E-state index in [2.05, 4.69) is 16.2 Å². The lowest BCUT2D eigenvalue weighted by Crippen LogP contribution is -2.32. The van der Waals surface area contributed by atoms with E-state index in [-0.39, 0.29) is 0 Å². The molecule has 0 bridgehead atoms. The molecule has 3 rings (SSSR count). The molecule has 0 aromatic carbocycles. The lowest BCUT2D eigenvalue weighted by molar-refractivity contribution is -0.138. The smallest absolute Gasteiger partial charge is 0.303 e. The lowest BCUT2D eigenvalue weighted by Gasteiger charge is -2.42. The molecule has 138 valence electrons. The Kier molecular flexibility index (Phi) is 6.63. The summed E-state index contributed by atoms with van der Waals surface area (Å²) in [6, 6.07) is 0. The van der Waals surface area contributed by atoms with Crippen LogP contribution in [0.4, 0.5) is 0 Å². The van der Waals surface area contributed by atoms with E-state index in [0.29, 0.717) is 12.3 Å². The highest BCUT2D eigenvalue weighted by Crippen LogP contribution is 2.47. The first-order valence-electron chi connectivity index (χ1n) is 10.5. The molecule has 2 nitrogen and oxygen atoms in total. The van der Waals surface area contributed by atoms with Crippen molar-refractivity contribution in [1.82, 2.24) is 0 Å². The van der Waals surface area contributed by atoms with E-state index in [4.69, 9.17) is 5.11 Å². The van der Waals surface area contributed by atoms with Crippen LogP contribution in [-0.2, 0) is 4.79 Å². The maximum Gasteiger partial charge on any atom is 0.303 e. The Morgan fingerprint density at radius 3 is 1.79 bits per heavy atom. The van der Waals surface area contributed by atoms with E-state index in [1.54, 1.807) is 0 Å². The molecule has 3 heteroatoms. The molecular weight excluding hydrogens is 315 g/mol. The number of aliphatic carboxylic acids is 1. The Balaban J connectivity index is 1.40. The topological polar surface area (TPSA) is 37.3 Å². The van der Waals surface area contributed by atoms with Gasteiger partial charge in [0.25, 0.3) is 0 Å². The van der Waals surface area contributed by atoms with Gasteiger partial charge in [0, 0.05) is 6.42 Å². The van der Waals surface area contributed by atoms with Crippen molar-refractivity contribution in [2.24, 2.45) is 35.5 Å². The zero-order valence-corrected chi connectivity index (χ0v) is 16.6. The van der Waals surface area contributed by atoms with Crippen LogP contribution in [0.2, 0.25) is 0 Å². The van der Waals surface area contributed by atoms with Crippen molar-refractivity contribution in [3.63, 3.8) is 0 Å². The normalized spacial score (nSPS) is 44.2. The van der Waals surface area contributed by atoms with E-state index >= 15 is 0 Å². The minimum atomic E-state index is -0.603. The van der Waals surface area contributed by atoms with Crippen molar-refractivity contribution in [3.8, 4) is 0 Å². The molecule has 3 aliphatic carbocycles. The molecular formula is C21H37O2P. The summed E-state index contributed by atoms with van der Waals surface area (Å²) in [4.78, 5) is 10.9. The van der Waals surface area contributed by atoms with Crippen LogP contribution < -0.4 is 0 Å². The van der Waals surface area contributed by atoms with Gasteiger partial charge >= 0.3 is 5.97 Å². The van der Waals surface area contributed by atoms with Gasteiger partial charge in [-0.05, 0) is 112 Å². The molecule has 24 heavy (non-hydrogen) atoms. The van der Waals surface area contributed by atoms with Gasteiger partial charge in [0.05, 0.1) is 0 Å². The second-order valence-electron chi connectivity index (χ2n) is 9.27. The van der Waals surface area contributed by atoms with E-state index < -0.39 is 5.97 Å². The minimum absolute atomic E-state index is 0.399. The maximum absolute atomic E-state index is 10.9. The van der Waals surface area contributed by atoms with E-state index in [9.17, 15) is 4.79 Å². The molecule has 0 spiro atoms. The molecule has 0 aliphatic heterocycles. The summed E-state index contributed by atoms with van der Waals surface area (Å²) in [5.41, 5.74) is 0.860. The maximum atomic E-state index is 10.9. The largest absolute Gasteiger partial charge is 0.481 e. The SMILES string of the molecule is CC1CC(C2CCC(C3CCC(CC(=O)O)CC3)CC2)CCC1P. The van der Waals surface area contributed by atoms with Crippen molar-refractivity contribution in [1.29, 1.82) is 0 Å². The van der Waals surface area contributed by atoms with Crippen LogP contribution in [0.15, 0.2) is 0 Å². The molecule has 0 aromatic rings. The van der Waals surface area contributed by atoms with Crippen molar-refractivity contribution in [2.45, 2.75) is 89.6 Å². The Bertz CT molecular complexity index is 408. The summed E-state index contributed by atoms with van der Waals surface area (Å²) < 4.78 is 0. The first-order chi connectivity index (χ1) is 11.5. The highest BCUT2D eigenvalue weighted by atomic mass is 31.0. The Morgan fingerprint density at radius 1 is 0.833 bits per heavy atom. The van der Waals surface area contributed by atoms with Crippen LogP contribution >= 0.6 is 9.24 Å². The number of hydrogen-bond donors (Lipinski definition) is 1. The monoisotopic (exact) mass is 352 g/mol. The molecule has 3 saturated carbocycles. The number of carboxylic acids is 1. The third kappa shape index (κ3) is 4.75. The van der Waals surface area contributed by atoms with Crippen LogP contribution in [0.25, 0.3) is 0 Å². The van der Waals surface area contributed by atoms with Gasteiger partial charge in [-0.25, -0.2) is 0 Å². The number of hydrogen-bond acceptors (Lipinski definition) is 1. The van der Waals surface area contributed by atoms with Crippen LogP contribution in [-0.4, -0.2) is 16.7 Å². The Hall–Kier alpha value is -0.100. The van der Waals surface area contributed by atoms with Crippen LogP contribution in [0.3, 0.4) is 0 Å². The Labute approximate surface area is 150 Å². The fraction of sp³-hybridized carbons (Fsp3) is 0.952. The van der Waals surface area contributed by atoms with Crippen molar-refractivity contribution < 1.29 is 9.90 Å². The van der Waals surface area contributed by atoms with Gasteiger partial charge in [-0.2, -0.15) is 0 Å². The molecule has 0 amide bonds. The molecule has 0 aromatic heterocycles. The summed E-state index contributed by atoms with van der Waals surface area (Å²) in [5.74, 6) is 4.61. The first kappa shape index (κ1) is 18.7. The number of carboxylic acid groups (broad SMARTS) is 1. The number of rotatable bonds is 4. The fourth-order valence-electron chi connectivity index (χ4n) is 6.09. The first-order valence-corrected chi connectivity index (χ1v) is 11.2. The quantitative estimate of drug-likeness (QED) is 0.654. The highest BCUT2D eigenvalue weighted by molar-refractivity contribution is 7.17. The molecule has 0 radical (unpaired) electrons. The van der Waals surface area contributed by atoms with Gasteiger partial charge in [0.2, 0.25) is 0 Å². The minimum Gasteiger partial charge on any atom is -0.481 e.